The fourth-order valence-electron chi connectivity index (χ4n) is 1.65. The number of halogens is 3. The maximum Gasteiger partial charge on any atom is 0.573 e. The molecule has 0 heterocycles. The zero-order valence-corrected chi connectivity index (χ0v) is 11.8. The van der Waals surface area contributed by atoms with Gasteiger partial charge in [-0.05, 0) is 30.2 Å². The van der Waals surface area contributed by atoms with Crippen LogP contribution in [0.2, 0.25) is 0 Å². The van der Waals surface area contributed by atoms with Crippen LogP contribution in [0.1, 0.15) is 16.7 Å². The van der Waals surface area contributed by atoms with E-state index in [1.54, 1.807) is 6.21 Å². The predicted molar refractivity (Wildman–Crippen MR) is 76.7 cm³/mol. The first-order valence-electron chi connectivity index (χ1n) is 6.49. The number of ether oxygens (including phenoxy) is 1. The van der Waals surface area contributed by atoms with Gasteiger partial charge in [-0.25, -0.2) is 0 Å². The highest BCUT2D eigenvalue weighted by Crippen LogP contribution is 2.22. The third-order valence-electron chi connectivity index (χ3n) is 2.74. The number of aryl methyl sites for hydroxylation is 1. The van der Waals surface area contributed by atoms with Crippen LogP contribution in [-0.2, 0) is 11.4 Å². The summed E-state index contributed by atoms with van der Waals surface area (Å²) in [7, 11) is 0. The number of alkyl halides is 3. The Labute approximate surface area is 126 Å². The van der Waals surface area contributed by atoms with E-state index in [1.165, 1.54) is 24.3 Å². The monoisotopic (exact) mass is 309 g/mol. The number of nitrogens with zero attached hydrogens (tertiary/aromatic N) is 1. The average Bonchev–Trinajstić information content (AvgIpc) is 2.45. The summed E-state index contributed by atoms with van der Waals surface area (Å²) in [4.78, 5) is 5.10. The van der Waals surface area contributed by atoms with Crippen molar-refractivity contribution in [3.63, 3.8) is 0 Å². The van der Waals surface area contributed by atoms with Crippen molar-refractivity contribution in [2.24, 2.45) is 5.16 Å². The van der Waals surface area contributed by atoms with Crippen LogP contribution in [0.15, 0.2) is 53.7 Å². The maximum absolute atomic E-state index is 12.0. The first-order chi connectivity index (χ1) is 10.4. The Kier molecular flexibility index (Phi) is 5.04. The van der Waals surface area contributed by atoms with Gasteiger partial charge < -0.3 is 9.57 Å². The van der Waals surface area contributed by atoms with Gasteiger partial charge in [-0.15, -0.1) is 13.2 Å². The van der Waals surface area contributed by atoms with E-state index in [0.29, 0.717) is 5.56 Å². The van der Waals surface area contributed by atoms with Crippen LogP contribution < -0.4 is 4.74 Å². The molecule has 0 atom stereocenters. The molecule has 116 valence electrons. The molecule has 3 nitrogen and oxygen atoms in total. The van der Waals surface area contributed by atoms with E-state index in [-0.39, 0.29) is 12.4 Å². The number of oxime groups is 1. The van der Waals surface area contributed by atoms with Crippen molar-refractivity contribution < 1.29 is 22.7 Å². The van der Waals surface area contributed by atoms with Gasteiger partial charge in [-0.2, -0.15) is 0 Å². The molecule has 0 saturated carbocycles. The van der Waals surface area contributed by atoms with Crippen molar-refractivity contribution in [3.05, 3.63) is 65.2 Å². The van der Waals surface area contributed by atoms with Gasteiger partial charge in [0.2, 0.25) is 0 Å². The fraction of sp³-hybridized carbons (Fsp3) is 0.188. The lowest BCUT2D eigenvalue weighted by atomic mass is 10.2. The molecule has 0 aliphatic rings. The van der Waals surface area contributed by atoms with E-state index < -0.39 is 6.36 Å². The van der Waals surface area contributed by atoms with Crippen molar-refractivity contribution in [1.82, 2.24) is 0 Å². The molecule has 0 aliphatic heterocycles. The molecule has 2 rings (SSSR count). The summed E-state index contributed by atoms with van der Waals surface area (Å²) in [6.07, 6.45) is -3.11. The average molecular weight is 309 g/mol. The van der Waals surface area contributed by atoms with Crippen LogP contribution in [0.3, 0.4) is 0 Å². The lowest BCUT2D eigenvalue weighted by molar-refractivity contribution is -0.274. The third-order valence-corrected chi connectivity index (χ3v) is 2.74. The molecule has 0 aliphatic carbocycles. The van der Waals surface area contributed by atoms with E-state index in [1.807, 2.05) is 31.2 Å². The van der Waals surface area contributed by atoms with Crippen LogP contribution in [-0.4, -0.2) is 12.6 Å². The van der Waals surface area contributed by atoms with E-state index >= 15 is 0 Å². The topological polar surface area (TPSA) is 30.8 Å². The van der Waals surface area contributed by atoms with Crippen LogP contribution in [0.5, 0.6) is 5.75 Å². The Hall–Kier alpha value is -2.50. The van der Waals surface area contributed by atoms with Gasteiger partial charge >= 0.3 is 6.36 Å². The SMILES string of the molecule is Cc1ccc(C=NOCc2ccc(OC(F)(F)F)cc2)cc1. The highest BCUT2D eigenvalue weighted by Gasteiger charge is 2.30. The first-order valence-corrected chi connectivity index (χ1v) is 6.49. The van der Waals surface area contributed by atoms with Crippen LogP contribution in [0.25, 0.3) is 0 Å². The van der Waals surface area contributed by atoms with Crippen LogP contribution >= 0.6 is 0 Å². The second-order valence-corrected chi connectivity index (χ2v) is 4.61. The third kappa shape index (κ3) is 5.47. The summed E-state index contributed by atoms with van der Waals surface area (Å²) in [6, 6.07) is 13.2. The molecular weight excluding hydrogens is 295 g/mol. The van der Waals surface area contributed by atoms with Crippen molar-refractivity contribution in [3.8, 4) is 5.75 Å². The van der Waals surface area contributed by atoms with Crippen molar-refractivity contribution in [2.75, 3.05) is 0 Å². The van der Waals surface area contributed by atoms with Crippen LogP contribution in [0.4, 0.5) is 13.2 Å². The molecule has 2 aromatic rings. The predicted octanol–water partition coefficient (Wildman–Crippen LogP) is 4.44. The Balaban J connectivity index is 1.83. The van der Waals surface area contributed by atoms with Gasteiger partial charge in [-0.1, -0.05) is 47.1 Å². The molecular formula is C16H14F3NO2. The molecule has 0 saturated heterocycles. The molecule has 0 unspecified atom stereocenters. The lowest BCUT2D eigenvalue weighted by Gasteiger charge is -2.08. The molecule has 2 aromatic carbocycles. The number of hydrogen-bond acceptors (Lipinski definition) is 3. The molecule has 0 spiro atoms. The van der Waals surface area contributed by atoms with Crippen molar-refractivity contribution in [1.29, 1.82) is 0 Å². The van der Waals surface area contributed by atoms with Gasteiger partial charge in [0.1, 0.15) is 12.4 Å². The minimum Gasteiger partial charge on any atom is -0.406 e. The minimum absolute atomic E-state index is 0.161. The number of benzene rings is 2. The Morgan fingerprint density at radius 2 is 1.64 bits per heavy atom. The minimum atomic E-state index is -4.68. The number of hydrogen-bond donors (Lipinski definition) is 0. The zero-order chi connectivity index (χ0) is 16.0. The largest absolute Gasteiger partial charge is 0.573 e. The Bertz CT molecular complexity index is 619. The maximum atomic E-state index is 12.0. The van der Waals surface area contributed by atoms with E-state index in [9.17, 15) is 13.2 Å². The van der Waals surface area contributed by atoms with Crippen molar-refractivity contribution >= 4 is 6.21 Å². The smallest absolute Gasteiger partial charge is 0.406 e. The van der Waals surface area contributed by atoms with E-state index in [4.69, 9.17) is 4.84 Å². The van der Waals surface area contributed by atoms with Crippen molar-refractivity contribution in [2.45, 2.75) is 19.9 Å². The quantitative estimate of drug-likeness (QED) is 0.603. The summed E-state index contributed by atoms with van der Waals surface area (Å²) >= 11 is 0. The summed E-state index contributed by atoms with van der Waals surface area (Å²) in [5, 5.41) is 3.81. The Morgan fingerprint density at radius 1 is 1.00 bits per heavy atom. The molecule has 0 fully saturated rings. The second kappa shape index (κ2) is 6.98. The van der Waals surface area contributed by atoms with Gasteiger partial charge in [0, 0.05) is 0 Å². The first kappa shape index (κ1) is 15.9. The molecule has 0 aromatic heterocycles. The normalized spacial score (nSPS) is 11.6. The highest BCUT2D eigenvalue weighted by molar-refractivity contribution is 5.79. The molecule has 6 heteroatoms. The Morgan fingerprint density at radius 3 is 2.23 bits per heavy atom. The van der Waals surface area contributed by atoms with E-state index in [0.717, 1.165) is 11.1 Å². The summed E-state index contributed by atoms with van der Waals surface area (Å²) in [6.45, 7) is 2.15. The summed E-state index contributed by atoms with van der Waals surface area (Å²) < 4.78 is 39.8. The summed E-state index contributed by atoms with van der Waals surface area (Å²) in [5.41, 5.74) is 2.74. The van der Waals surface area contributed by atoms with Gasteiger partial charge in [0.25, 0.3) is 0 Å². The van der Waals surface area contributed by atoms with Gasteiger partial charge in [-0.3, -0.25) is 0 Å². The second-order valence-electron chi connectivity index (χ2n) is 4.61. The van der Waals surface area contributed by atoms with Crippen LogP contribution in [0, 0.1) is 6.92 Å². The molecule has 0 bridgehead atoms. The van der Waals surface area contributed by atoms with E-state index in [2.05, 4.69) is 9.89 Å². The standard InChI is InChI=1S/C16H14F3NO2/c1-12-2-4-13(5-3-12)10-20-21-11-14-6-8-15(9-7-14)22-16(17,18)19/h2-10H,11H2,1H3. The zero-order valence-electron chi connectivity index (χ0n) is 11.8. The highest BCUT2D eigenvalue weighted by atomic mass is 19.4. The molecule has 22 heavy (non-hydrogen) atoms. The number of rotatable bonds is 5. The summed E-state index contributed by atoms with van der Waals surface area (Å²) in [5.74, 6) is -0.264. The van der Waals surface area contributed by atoms with Gasteiger partial charge in [0.15, 0.2) is 0 Å². The molecule has 0 amide bonds. The molecule has 0 radical (unpaired) electrons. The molecule has 0 N–H and O–H groups in total. The fourth-order valence-corrected chi connectivity index (χ4v) is 1.65. The lowest BCUT2D eigenvalue weighted by Crippen LogP contribution is -2.17. The van der Waals surface area contributed by atoms with Gasteiger partial charge in [0.05, 0.1) is 6.21 Å².